The highest BCUT2D eigenvalue weighted by Crippen LogP contribution is 2.28. The molecule has 6 heteroatoms. The molecule has 0 spiro atoms. The van der Waals surface area contributed by atoms with E-state index in [-0.39, 0.29) is 22.9 Å². The first kappa shape index (κ1) is 15.2. The summed E-state index contributed by atoms with van der Waals surface area (Å²) < 4.78 is 5.07. The lowest BCUT2D eigenvalue weighted by Gasteiger charge is -2.09. The molecule has 1 amide bonds. The first-order chi connectivity index (χ1) is 10.1. The van der Waals surface area contributed by atoms with Crippen LogP contribution in [-0.4, -0.2) is 6.09 Å². The fraction of sp³-hybridized carbons (Fsp3) is 0.0667. The normalized spacial score (nSPS) is 9.76. The number of anilines is 1. The summed E-state index contributed by atoms with van der Waals surface area (Å²) in [5.41, 5.74) is 1.21. The summed E-state index contributed by atoms with van der Waals surface area (Å²) in [4.78, 5) is 11.7. The molecule has 0 radical (unpaired) electrons. The van der Waals surface area contributed by atoms with Crippen molar-refractivity contribution >= 4 is 35.0 Å². The topological polar surface area (TPSA) is 62.1 Å². The van der Waals surface area contributed by atoms with Gasteiger partial charge in [0, 0.05) is 5.02 Å². The maximum absolute atomic E-state index is 11.7. The fourth-order valence-electron chi connectivity index (χ4n) is 1.65. The third-order valence-electron chi connectivity index (χ3n) is 2.62. The van der Waals surface area contributed by atoms with E-state index in [0.29, 0.717) is 5.02 Å². The third kappa shape index (κ3) is 4.12. The Morgan fingerprint density at radius 1 is 1.24 bits per heavy atom. The van der Waals surface area contributed by atoms with Gasteiger partial charge in [-0.25, -0.2) is 4.79 Å². The van der Waals surface area contributed by atoms with Crippen molar-refractivity contribution in [1.29, 1.82) is 5.26 Å². The van der Waals surface area contributed by atoms with Gasteiger partial charge in [-0.15, -0.1) is 0 Å². The van der Waals surface area contributed by atoms with Crippen LogP contribution in [0.4, 0.5) is 10.5 Å². The van der Waals surface area contributed by atoms with E-state index in [1.54, 1.807) is 0 Å². The molecule has 2 aromatic rings. The van der Waals surface area contributed by atoms with Crippen LogP contribution in [-0.2, 0) is 11.3 Å². The number of amides is 1. The van der Waals surface area contributed by atoms with Gasteiger partial charge in [0.15, 0.2) is 0 Å². The van der Waals surface area contributed by atoms with E-state index in [1.165, 1.54) is 12.1 Å². The van der Waals surface area contributed by atoms with Crippen molar-refractivity contribution in [3.05, 3.63) is 63.6 Å². The van der Waals surface area contributed by atoms with E-state index in [1.807, 2.05) is 36.4 Å². The van der Waals surface area contributed by atoms with Gasteiger partial charge in [-0.3, -0.25) is 5.32 Å². The van der Waals surface area contributed by atoms with Crippen molar-refractivity contribution in [3.8, 4) is 6.07 Å². The predicted octanol–water partition coefficient (Wildman–Crippen LogP) is 4.61. The Balaban J connectivity index is 2.05. The van der Waals surface area contributed by atoms with Gasteiger partial charge in [-0.1, -0.05) is 53.5 Å². The second-order valence-electron chi connectivity index (χ2n) is 4.11. The summed E-state index contributed by atoms with van der Waals surface area (Å²) in [7, 11) is 0. The van der Waals surface area contributed by atoms with Crippen LogP contribution in [0.25, 0.3) is 0 Å². The highest BCUT2D eigenvalue weighted by atomic mass is 35.5. The van der Waals surface area contributed by atoms with Gasteiger partial charge in [-0.05, 0) is 17.7 Å². The van der Waals surface area contributed by atoms with Crippen LogP contribution in [0.2, 0.25) is 10.0 Å². The maximum atomic E-state index is 11.7. The molecule has 0 saturated heterocycles. The Bertz CT molecular complexity index is 697. The summed E-state index contributed by atoms with van der Waals surface area (Å²) in [5, 5.41) is 12.0. The van der Waals surface area contributed by atoms with E-state index >= 15 is 0 Å². The lowest BCUT2D eigenvalue weighted by Crippen LogP contribution is -2.14. The number of hydrogen-bond acceptors (Lipinski definition) is 3. The average molecular weight is 321 g/mol. The first-order valence-corrected chi connectivity index (χ1v) is 6.72. The zero-order chi connectivity index (χ0) is 15.2. The van der Waals surface area contributed by atoms with Crippen LogP contribution < -0.4 is 5.32 Å². The van der Waals surface area contributed by atoms with Gasteiger partial charge in [-0.2, -0.15) is 5.26 Å². The second kappa shape index (κ2) is 6.98. The molecule has 21 heavy (non-hydrogen) atoms. The van der Waals surface area contributed by atoms with Crippen LogP contribution in [0.3, 0.4) is 0 Å². The zero-order valence-corrected chi connectivity index (χ0v) is 12.3. The van der Waals surface area contributed by atoms with Crippen molar-refractivity contribution in [2.75, 3.05) is 5.32 Å². The number of nitrogens with zero attached hydrogens (tertiary/aromatic N) is 1. The number of carbonyl (C=O) groups excluding carboxylic acids is 1. The Morgan fingerprint density at radius 2 is 1.95 bits per heavy atom. The van der Waals surface area contributed by atoms with Gasteiger partial charge >= 0.3 is 6.09 Å². The number of carbonyl (C=O) groups is 1. The fourth-order valence-corrected chi connectivity index (χ4v) is 2.19. The molecule has 0 saturated carbocycles. The Kier molecular flexibility index (Phi) is 5.04. The minimum absolute atomic E-state index is 0.128. The van der Waals surface area contributed by atoms with Gasteiger partial charge < -0.3 is 4.74 Å². The average Bonchev–Trinajstić information content (AvgIpc) is 2.46. The molecule has 2 rings (SSSR count). The van der Waals surface area contributed by atoms with Crippen LogP contribution >= 0.6 is 23.2 Å². The summed E-state index contributed by atoms with van der Waals surface area (Å²) in [6.07, 6.45) is -0.686. The standard InChI is InChI=1S/C15H10Cl2N2O2/c16-11-6-13(17)12(8-18)14(7-11)19-15(20)21-9-10-4-2-1-3-5-10/h1-7H,9H2,(H,19,20). The van der Waals surface area contributed by atoms with E-state index in [0.717, 1.165) is 5.56 Å². The molecule has 106 valence electrons. The lowest BCUT2D eigenvalue weighted by atomic mass is 10.2. The number of nitrogens with one attached hydrogen (secondary N) is 1. The monoisotopic (exact) mass is 320 g/mol. The molecule has 0 unspecified atom stereocenters. The minimum Gasteiger partial charge on any atom is -0.444 e. The summed E-state index contributed by atoms with van der Waals surface area (Å²) in [6.45, 7) is 0.128. The van der Waals surface area contributed by atoms with E-state index in [2.05, 4.69) is 5.32 Å². The molecule has 0 atom stereocenters. The number of halogens is 2. The molecular formula is C15H10Cl2N2O2. The number of hydrogen-bond donors (Lipinski definition) is 1. The molecular weight excluding hydrogens is 311 g/mol. The molecule has 0 bridgehead atoms. The molecule has 0 heterocycles. The molecule has 4 nitrogen and oxygen atoms in total. The molecule has 0 aliphatic rings. The maximum Gasteiger partial charge on any atom is 0.411 e. The Morgan fingerprint density at radius 3 is 2.62 bits per heavy atom. The van der Waals surface area contributed by atoms with E-state index in [4.69, 9.17) is 33.2 Å². The summed E-state index contributed by atoms with van der Waals surface area (Å²) in [5.74, 6) is 0. The molecule has 0 fully saturated rings. The van der Waals surface area contributed by atoms with E-state index in [9.17, 15) is 4.79 Å². The number of nitriles is 1. The highest BCUT2D eigenvalue weighted by molar-refractivity contribution is 6.36. The number of ether oxygens (including phenoxy) is 1. The van der Waals surface area contributed by atoms with Crippen molar-refractivity contribution < 1.29 is 9.53 Å². The quantitative estimate of drug-likeness (QED) is 0.897. The SMILES string of the molecule is N#Cc1c(Cl)cc(Cl)cc1NC(=O)OCc1ccccc1. The van der Waals surface area contributed by atoms with Crippen molar-refractivity contribution in [3.63, 3.8) is 0 Å². The number of rotatable bonds is 3. The van der Waals surface area contributed by atoms with Crippen molar-refractivity contribution in [1.82, 2.24) is 0 Å². The van der Waals surface area contributed by atoms with Gasteiger partial charge in [0.25, 0.3) is 0 Å². The summed E-state index contributed by atoms with van der Waals surface area (Å²) >= 11 is 11.7. The van der Waals surface area contributed by atoms with Crippen LogP contribution in [0.15, 0.2) is 42.5 Å². The minimum atomic E-state index is -0.686. The molecule has 2 aromatic carbocycles. The zero-order valence-electron chi connectivity index (χ0n) is 10.8. The molecule has 0 aliphatic heterocycles. The van der Waals surface area contributed by atoms with Gasteiger partial charge in [0.2, 0.25) is 0 Å². The van der Waals surface area contributed by atoms with Gasteiger partial charge in [0.1, 0.15) is 12.7 Å². The third-order valence-corrected chi connectivity index (χ3v) is 3.13. The highest BCUT2D eigenvalue weighted by Gasteiger charge is 2.12. The van der Waals surface area contributed by atoms with E-state index < -0.39 is 6.09 Å². The molecule has 0 aromatic heterocycles. The smallest absolute Gasteiger partial charge is 0.411 e. The van der Waals surface area contributed by atoms with Crippen LogP contribution in [0.1, 0.15) is 11.1 Å². The summed E-state index contributed by atoms with van der Waals surface area (Å²) in [6, 6.07) is 14.0. The number of benzene rings is 2. The van der Waals surface area contributed by atoms with Crippen molar-refractivity contribution in [2.45, 2.75) is 6.61 Å². The lowest BCUT2D eigenvalue weighted by molar-refractivity contribution is 0.155. The first-order valence-electron chi connectivity index (χ1n) is 5.97. The Hall–Kier alpha value is -2.22. The predicted molar refractivity (Wildman–Crippen MR) is 81.4 cm³/mol. The second-order valence-corrected chi connectivity index (χ2v) is 4.95. The largest absolute Gasteiger partial charge is 0.444 e. The van der Waals surface area contributed by atoms with Crippen molar-refractivity contribution in [2.24, 2.45) is 0 Å². The van der Waals surface area contributed by atoms with Crippen LogP contribution in [0, 0.1) is 11.3 Å². The Labute approximate surface area is 131 Å². The molecule has 1 N–H and O–H groups in total. The van der Waals surface area contributed by atoms with Crippen LogP contribution in [0.5, 0.6) is 0 Å². The molecule has 0 aliphatic carbocycles. The van der Waals surface area contributed by atoms with Gasteiger partial charge in [0.05, 0.1) is 16.3 Å².